The molecule has 0 aliphatic carbocycles. The van der Waals surface area contributed by atoms with Crippen molar-refractivity contribution in [2.75, 3.05) is 44.8 Å². The first-order chi connectivity index (χ1) is 12.2. The molecule has 6 heteroatoms. The Bertz CT molecular complexity index is 710. The quantitative estimate of drug-likeness (QED) is 0.836. The van der Waals surface area contributed by atoms with Crippen LogP contribution in [0.5, 0.6) is 11.6 Å². The Balaban J connectivity index is 1.64. The van der Waals surface area contributed by atoms with Gasteiger partial charge in [0.25, 0.3) is 5.91 Å². The lowest BCUT2D eigenvalue weighted by Gasteiger charge is -2.36. The van der Waals surface area contributed by atoms with Crippen LogP contribution in [-0.2, 0) is 0 Å². The molecular weight excluding hydrogens is 318 g/mol. The summed E-state index contributed by atoms with van der Waals surface area (Å²) in [6, 6.07) is 11.5. The molecular formula is C19H23N3O3. The third-order valence-corrected chi connectivity index (χ3v) is 4.29. The molecule has 1 aliphatic rings. The topological polar surface area (TPSA) is 54.9 Å². The number of methoxy groups -OCH3 is 1. The second-order valence-electron chi connectivity index (χ2n) is 5.77. The average molecular weight is 341 g/mol. The number of hydrogen-bond donors (Lipinski definition) is 0. The van der Waals surface area contributed by atoms with Crippen molar-refractivity contribution in [1.82, 2.24) is 9.88 Å². The van der Waals surface area contributed by atoms with Gasteiger partial charge in [0, 0.05) is 38.1 Å². The molecule has 0 bridgehead atoms. The molecule has 1 aromatic heterocycles. The minimum Gasteiger partial charge on any atom is -0.497 e. The summed E-state index contributed by atoms with van der Waals surface area (Å²) < 4.78 is 10.7. The van der Waals surface area contributed by atoms with Crippen LogP contribution in [0.3, 0.4) is 0 Å². The molecule has 1 saturated heterocycles. The fourth-order valence-corrected chi connectivity index (χ4v) is 2.94. The van der Waals surface area contributed by atoms with Crippen molar-refractivity contribution in [3.63, 3.8) is 0 Å². The summed E-state index contributed by atoms with van der Waals surface area (Å²) >= 11 is 0. The highest BCUT2D eigenvalue weighted by molar-refractivity contribution is 5.96. The van der Waals surface area contributed by atoms with E-state index in [2.05, 4.69) is 9.88 Å². The van der Waals surface area contributed by atoms with Crippen molar-refractivity contribution in [2.24, 2.45) is 0 Å². The summed E-state index contributed by atoms with van der Waals surface area (Å²) in [5.41, 5.74) is 1.67. The van der Waals surface area contributed by atoms with E-state index >= 15 is 0 Å². The Morgan fingerprint density at radius 2 is 1.84 bits per heavy atom. The minimum absolute atomic E-state index is 0.0223. The van der Waals surface area contributed by atoms with Crippen LogP contribution in [0.1, 0.15) is 17.3 Å². The Hall–Kier alpha value is -2.76. The first kappa shape index (κ1) is 17.1. The number of amides is 1. The fourth-order valence-electron chi connectivity index (χ4n) is 2.94. The maximum absolute atomic E-state index is 12.8. The van der Waals surface area contributed by atoms with Gasteiger partial charge >= 0.3 is 0 Å². The van der Waals surface area contributed by atoms with E-state index in [1.54, 1.807) is 25.4 Å². The molecule has 1 fully saturated rings. The van der Waals surface area contributed by atoms with Crippen molar-refractivity contribution >= 4 is 11.6 Å². The van der Waals surface area contributed by atoms with Crippen LogP contribution in [0.25, 0.3) is 0 Å². The first-order valence-electron chi connectivity index (χ1n) is 8.49. The fraction of sp³-hybridized carbons (Fsp3) is 0.368. The largest absolute Gasteiger partial charge is 0.497 e. The van der Waals surface area contributed by atoms with Gasteiger partial charge in [0.1, 0.15) is 11.3 Å². The molecule has 2 heterocycles. The standard InChI is InChI=1S/C19H23N3O3/c1-3-25-18-17(5-4-10-20-18)19(23)22-13-11-21(12-14-22)15-6-8-16(24-2)9-7-15/h4-10H,3,11-14H2,1-2H3. The lowest BCUT2D eigenvalue weighted by Crippen LogP contribution is -2.48. The van der Waals surface area contributed by atoms with Gasteiger partial charge in [-0.3, -0.25) is 4.79 Å². The van der Waals surface area contributed by atoms with Crippen LogP contribution in [0, 0.1) is 0 Å². The molecule has 0 radical (unpaired) electrons. The Morgan fingerprint density at radius 1 is 1.12 bits per heavy atom. The monoisotopic (exact) mass is 341 g/mol. The van der Waals surface area contributed by atoms with E-state index in [1.165, 1.54) is 0 Å². The van der Waals surface area contributed by atoms with E-state index in [0.717, 1.165) is 24.5 Å². The van der Waals surface area contributed by atoms with Crippen LogP contribution in [0.2, 0.25) is 0 Å². The van der Waals surface area contributed by atoms with E-state index in [0.29, 0.717) is 31.1 Å². The van der Waals surface area contributed by atoms with Crippen LogP contribution in [0.15, 0.2) is 42.6 Å². The molecule has 2 aromatic rings. The molecule has 0 spiro atoms. The SMILES string of the molecule is CCOc1ncccc1C(=O)N1CCN(c2ccc(OC)cc2)CC1. The summed E-state index contributed by atoms with van der Waals surface area (Å²) in [5.74, 6) is 1.23. The highest BCUT2D eigenvalue weighted by Crippen LogP contribution is 2.22. The van der Waals surface area contributed by atoms with Gasteiger partial charge in [-0.15, -0.1) is 0 Å². The molecule has 3 rings (SSSR count). The van der Waals surface area contributed by atoms with E-state index in [-0.39, 0.29) is 5.91 Å². The lowest BCUT2D eigenvalue weighted by molar-refractivity contribution is 0.0741. The van der Waals surface area contributed by atoms with Gasteiger partial charge in [-0.25, -0.2) is 4.98 Å². The number of rotatable bonds is 5. The number of carbonyl (C=O) groups is 1. The molecule has 0 atom stereocenters. The highest BCUT2D eigenvalue weighted by Gasteiger charge is 2.24. The summed E-state index contributed by atoms with van der Waals surface area (Å²) in [7, 11) is 1.66. The van der Waals surface area contributed by atoms with Gasteiger partial charge in [0.05, 0.1) is 13.7 Å². The van der Waals surface area contributed by atoms with E-state index in [9.17, 15) is 4.79 Å². The Morgan fingerprint density at radius 3 is 2.48 bits per heavy atom. The Kier molecular flexibility index (Phi) is 5.38. The number of ether oxygens (including phenoxy) is 2. The minimum atomic E-state index is -0.0223. The van der Waals surface area contributed by atoms with Gasteiger partial charge in [0.15, 0.2) is 0 Å². The van der Waals surface area contributed by atoms with Gasteiger partial charge in [-0.2, -0.15) is 0 Å². The zero-order valence-electron chi connectivity index (χ0n) is 14.6. The van der Waals surface area contributed by atoms with Crippen molar-refractivity contribution in [1.29, 1.82) is 0 Å². The third kappa shape index (κ3) is 3.84. The summed E-state index contributed by atoms with van der Waals surface area (Å²) in [5, 5.41) is 0. The lowest BCUT2D eigenvalue weighted by atomic mass is 10.2. The maximum atomic E-state index is 12.8. The van der Waals surface area contributed by atoms with E-state index in [4.69, 9.17) is 9.47 Å². The predicted octanol–water partition coefficient (Wildman–Crippen LogP) is 2.45. The number of pyridine rings is 1. The molecule has 1 aromatic carbocycles. The first-order valence-corrected chi connectivity index (χ1v) is 8.49. The molecule has 0 saturated carbocycles. The molecule has 132 valence electrons. The van der Waals surface area contributed by atoms with Gasteiger partial charge in [-0.1, -0.05) is 0 Å². The van der Waals surface area contributed by atoms with Crippen LogP contribution in [-0.4, -0.2) is 55.7 Å². The average Bonchev–Trinajstić information content (AvgIpc) is 2.68. The molecule has 25 heavy (non-hydrogen) atoms. The zero-order valence-corrected chi connectivity index (χ0v) is 14.6. The molecule has 1 aliphatic heterocycles. The summed E-state index contributed by atoms with van der Waals surface area (Å²) in [4.78, 5) is 21.1. The zero-order chi connectivity index (χ0) is 17.6. The van der Waals surface area contributed by atoms with Crippen molar-refractivity contribution in [3.8, 4) is 11.6 Å². The second-order valence-corrected chi connectivity index (χ2v) is 5.77. The normalized spacial score (nSPS) is 14.3. The van der Waals surface area contributed by atoms with Crippen LogP contribution >= 0.6 is 0 Å². The van der Waals surface area contributed by atoms with Gasteiger partial charge in [0.2, 0.25) is 5.88 Å². The van der Waals surface area contributed by atoms with Crippen molar-refractivity contribution in [3.05, 3.63) is 48.2 Å². The van der Waals surface area contributed by atoms with Gasteiger partial charge in [-0.05, 0) is 43.3 Å². The summed E-state index contributed by atoms with van der Waals surface area (Å²) in [6.07, 6.45) is 1.64. The van der Waals surface area contributed by atoms with Crippen LogP contribution in [0.4, 0.5) is 5.69 Å². The Labute approximate surface area is 148 Å². The number of hydrogen-bond acceptors (Lipinski definition) is 5. The van der Waals surface area contributed by atoms with E-state index in [1.807, 2.05) is 36.1 Å². The third-order valence-electron chi connectivity index (χ3n) is 4.29. The smallest absolute Gasteiger partial charge is 0.259 e. The number of carbonyl (C=O) groups excluding carboxylic acids is 1. The maximum Gasteiger partial charge on any atom is 0.259 e. The molecule has 0 N–H and O–H groups in total. The van der Waals surface area contributed by atoms with E-state index < -0.39 is 0 Å². The number of aromatic nitrogens is 1. The number of anilines is 1. The number of benzene rings is 1. The molecule has 0 unspecified atom stereocenters. The number of nitrogens with zero attached hydrogens (tertiary/aromatic N) is 3. The number of piperazine rings is 1. The molecule has 1 amide bonds. The van der Waals surface area contributed by atoms with Crippen molar-refractivity contribution in [2.45, 2.75) is 6.92 Å². The molecule has 6 nitrogen and oxygen atoms in total. The van der Waals surface area contributed by atoms with Crippen molar-refractivity contribution < 1.29 is 14.3 Å². The second kappa shape index (κ2) is 7.88. The van der Waals surface area contributed by atoms with Gasteiger partial charge < -0.3 is 19.3 Å². The van der Waals surface area contributed by atoms with Crippen LogP contribution < -0.4 is 14.4 Å². The predicted molar refractivity (Wildman–Crippen MR) is 96.5 cm³/mol. The summed E-state index contributed by atoms with van der Waals surface area (Å²) in [6.45, 7) is 5.31. The highest BCUT2D eigenvalue weighted by atomic mass is 16.5.